The van der Waals surface area contributed by atoms with Crippen LogP contribution in [0.2, 0.25) is 0 Å². The van der Waals surface area contributed by atoms with Crippen LogP contribution in [0.15, 0.2) is 12.2 Å². The van der Waals surface area contributed by atoms with Crippen molar-refractivity contribution in [2.24, 2.45) is 0 Å². The molecule has 78 valence electrons. The predicted molar refractivity (Wildman–Crippen MR) is 44.0 cm³/mol. The van der Waals surface area contributed by atoms with Crippen molar-refractivity contribution in [1.82, 2.24) is 5.32 Å². The first kappa shape index (κ1) is 17.2. The molecular formula is C8H10KNO5. The minimum absolute atomic E-state index is 0. The molecule has 0 aromatic heterocycles. The maximum Gasteiger partial charge on any atom is 1.00 e. The summed E-state index contributed by atoms with van der Waals surface area (Å²) < 4.78 is 0. The Bertz CT molecular complexity index is 289. The molecule has 7 heteroatoms. The normalized spacial score (nSPS) is 10.7. The van der Waals surface area contributed by atoms with Gasteiger partial charge in [-0.2, -0.15) is 0 Å². The Morgan fingerprint density at radius 2 is 1.93 bits per heavy atom. The van der Waals surface area contributed by atoms with Crippen molar-refractivity contribution in [3.63, 3.8) is 0 Å². The molecule has 0 fully saturated rings. The Labute approximate surface area is 129 Å². The number of carboxylic acid groups (broad SMARTS) is 2. The van der Waals surface area contributed by atoms with Crippen molar-refractivity contribution in [1.29, 1.82) is 0 Å². The molecule has 0 aliphatic heterocycles. The summed E-state index contributed by atoms with van der Waals surface area (Å²) in [4.78, 5) is 31.5. The first-order valence-electron chi connectivity index (χ1n) is 3.73. The fourth-order valence-corrected chi connectivity index (χ4v) is 0.649. The Morgan fingerprint density at radius 1 is 1.47 bits per heavy atom. The first-order chi connectivity index (χ1) is 6.34. The SMILES string of the molecule is C=C(C)C(=O)N[C@@H](CC(=O)O)C(=O)[O-].[K+]. The van der Waals surface area contributed by atoms with Gasteiger partial charge in [-0.05, 0) is 6.92 Å². The summed E-state index contributed by atoms with van der Waals surface area (Å²) in [5.41, 5.74) is 0.0987. The second-order valence-electron chi connectivity index (χ2n) is 2.72. The van der Waals surface area contributed by atoms with Crippen LogP contribution in [0, 0.1) is 0 Å². The van der Waals surface area contributed by atoms with E-state index < -0.39 is 30.3 Å². The van der Waals surface area contributed by atoms with Crippen molar-refractivity contribution >= 4 is 17.8 Å². The monoisotopic (exact) mass is 239 g/mol. The van der Waals surface area contributed by atoms with Crippen molar-refractivity contribution in [3.05, 3.63) is 12.2 Å². The van der Waals surface area contributed by atoms with Crippen LogP contribution in [0.5, 0.6) is 0 Å². The van der Waals surface area contributed by atoms with E-state index in [9.17, 15) is 19.5 Å². The molecule has 1 atom stereocenters. The molecule has 0 rings (SSSR count). The molecule has 0 aliphatic rings. The van der Waals surface area contributed by atoms with E-state index in [1.807, 2.05) is 5.32 Å². The van der Waals surface area contributed by atoms with E-state index in [-0.39, 0.29) is 57.0 Å². The molecular weight excluding hydrogens is 229 g/mol. The van der Waals surface area contributed by atoms with Crippen LogP contribution >= 0.6 is 0 Å². The molecule has 0 aromatic rings. The van der Waals surface area contributed by atoms with Crippen LogP contribution in [-0.2, 0) is 14.4 Å². The minimum Gasteiger partial charge on any atom is -0.548 e. The maximum absolute atomic E-state index is 10.9. The first-order valence-corrected chi connectivity index (χ1v) is 3.73. The van der Waals surface area contributed by atoms with Crippen LogP contribution in [0.4, 0.5) is 0 Å². The average Bonchev–Trinajstić information content (AvgIpc) is 2.01. The van der Waals surface area contributed by atoms with Gasteiger partial charge in [-0.25, -0.2) is 0 Å². The van der Waals surface area contributed by atoms with Gasteiger partial charge >= 0.3 is 57.4 Å². The molecule has 1 amide bonds. The standard InChI is InChI=1S/C8H11NO5.K/c1-4(2)7(12)9-5(8(13)14)3-6(10)11;/h5H,1,3H2,2H3,(H,9,12)(H,10,11)(H,13,14);/q;+1/p-1/t5-;/m0./s1. The third kappa shape index (κ3) is 7.69. The molecule has 0 saturated carbocycles. The summed E-state index contributed by atoms with van der Waals surface area (Å²) in [6.45, 7) is 4.65. The number of nitrogens with one attached hydrogen (secondary N) is 1. The van der Waals surface area contributed by atoms with Gasteiger partial charge in [0, 0.05) is 5.57 Å². The number of carboxylic acids is 2. The van der Waals surface area contributed by atoms with E-state index in [4.69, 9.17) is 5.11 Å². The van der Waals surface area contributed by atoms with Crippen LogP contribution in [0.1, 0.15) is 13.3 Å². The van der Waals surface area contributed by atoms with Gasteiger partial charge in [-0.3, -0.25) is 9.59 Å². The van der Waals surface area contributed by atoms with E-state index in [0.29, 0.717) is 0 Å². The number of hydrogen-bond donors (Lipinski definition) is 2. The molecule has 0 spiro atoms. The Balaban J connectivity index is 0. The molecule has 0 saturated heterocycles. The van der Waals surface area contributed by atoms with Crippen molar-refractivity contribution in [2.75, 3.05) is 0 Å². The molecule has 15 heavy (non-hydrogen) atoms. The zero-order valence-electron chi connectivity index (χ0n) is 8.57. The third-order valence-corrected chi connectivity index (χ3v) is 1.36. The van der Waals surface area contributed by atoms with Crippen LogP contribution in [-0.4, -0.2) is 29.0 Å². The number of aliphatic carboxylic acids is 2. The number of amides is 1. The zero-order valence-corrected chi connectivity index (χ0v) is 11.7. The topological polar surface area (TPSA) is 107 Å². The van der Waals surface area contributed by atoms with Gasteiger partial charge in [0.2, 0.25) is 5.91 Å². The third-order valence-electron chi connectivity index (χ3n) is 1.36. The summed E-state index contributed by atoms with van der Waals surface area (Å²) in [5.74, 6) is -3.68. The molecule has 0 bridgehead atoms. The predicted octanol–water partition coefficient (Wildman–Crippen LogP) is -4.72. The van der Waals surface area contributed by atoms with Gasteiger partial charge in [-0.15, -0.1) is 0 Å². The molecule has 0 aromatic carbocycles. The summed E-state index contributed by atoms with van der Waals surface area (Å²) >= 11 is 0. The van der Waals surface area contributed by atoms with Gasteiger partial charge < -0.3 is 20.3 Å². The van der Waals surface area contributed by atoms with Crippen molar-refractivity contribution < 1.29 is 76.0 Å². The van der Waals surface area contributed by atoms with Gasteiger partial charge in [0.1, 0.15) is 0 Å². The van der Waals surface area contributed by atoms with E-state index in [1.54, 1.807) is 0 Å². The summed E-state index contributed by atoms with van der Waals surface area (Å²) in [5, 5.41) is 20.7. The molecule has 0 aliphatic carbocycles. The smallest absolute Gasteiger partial charge is 0.548 e. The number of hydrogen-bond acceptors (Lipinski definition) is 4. The summed E-state index contributed by atoms with van der Waals surface area (Å²) in [6.07, 6.45) is -0.721. The van der Waals surface area contributed by atoms with E-state index in [1.165, 1.54) is 6.92 Å². The fraction of sp³-hybridized carbons (Fsp3) is 0.375. The quantitative estimate of drug-likeness (QED) is 0.370. The molecule has 0 unspecified atom stereocenters. The van der Waals surface area contributed by atoms with Crippen LogP contribution < -0.4 is 61.8 Å². The van der Waals surface area contributed by atoms with Crippen LogP contribution in [0.25, 0.3) is 0 Å². The minimum atomic E-state index is -1.64. The van der Waals surface area contributed by atoms with Gasteiger partial charge in [0.25, 0.3) is 0 Å². The molecule has 2 N–H and O–H groups in total. The zero-order chi connectivity index (χ0) is 11.3. The number of carbonyl (C=O) groups excluding carboxylic acids is 2. The molecule has 0 radical (unpaired) electrons. The number of carbonyl (C=O) groups is 3. The second kappa shape index (κ2) is 8.00. The van der Waals surface area contributed by atoms with Crippen molar-refractivity contribution in [3.8, 4) is 0 Å². The van der Waals surface area contributed by atoms with Gasteiger partial charge in [-0.1, -0.05) is 6.58 Å². The largest absolute Gasteiger partial charge is 1.00 e. The Kier molecular flexibility index (Phi) is 9.17. The fourth-order valence-electron chi connectivity index (χ4n) is 0.649. The van der Waals surface area contributed by atoms with E-state index in [0.717, 1.165) is 0 Å². The van der Waals surface area contributed by atoms with Gasteiger partial charge in [0.15, 0.2) is 0 Å². The summed E-state index contributed by atoms with van der Waals surface area (Å²) in [7, 11) is 0. The summed E-state index contributed by atoms with van der Waals surface area (Å²) in [6, 6.07) is -1.53. The van der Waals surface area contributed by atoms with E-state index >= 15 is 0 Å². The van der Waals surface area contributed by atoms with Gasteiger partial charge in [0.05, 0.1) is 18.4 Å². The molecule has 6 nitrogen and oxygen atoms in total. The maximum atomic E-state index is 10.9. The second-order valence-corrected chi connectivity index (χ2v) is 2.72. The Hall–Kier alpha value is -0.214. The number of rotatable bonds is 5. The van der Waals surface area contributed by atoms with E-state index in [2.05, 4.69) is 6.58 Å². The Morgan fingerprint density at radius 3 is 2.20 bits per heavy atom. The average molecular weight is 239 g/mol. The molecule has 0 heterocycles. The van der Waals surface area contributed by atoms with Crippen LogP contribution in [0.3, 0.4) is 0 Å². The van der Waals surface area contributed by atoms with Crippen molar-refractivity contribution in [2.45, 2.75) is 19.4 Å².